The fraction of sp³-hybridized carbons (Fsp3) is 0.368. The first kappa shape index (κ1) is 18.6. The zero-order valence-corrected chi connectivity index (χ0v) is 14.8. The lowest BCUT2D eigenvalue weighted by atomic mass is 10.0. The second-order valence-electron chi connectivity index (χ2n) is 5.71. The third-order valence-electron chi connectivity index (χ3n) is 4.02. The van der Waals surface area contributed by atoms with Crippen LogP contribution in [0, 0.1) is 6.92 Å². The van der Waals surface area contributed by atoms with Gasteiger partial charge in [-0.05, 0) is 24.6 Å². The Bertz CT molecular complexity index is 627. The van der Waals surface area contributed by atoms with Crippen molar-refractivity contribution >= 4 is 12.4 Å². The number of aryl methyl sites for hydroxylation is 1. The zero-order valence-electron chi connectivity index (χ0n) is 14.0. The summed E-state index contributed by atoms with van der Waals surface area (Å²) < 4.78 is 17.7. The van der Waals surface area contributed by atoms with E-state index in [0.717, 1.165) is 30.2 Å². The molecule has 0 amide bonds. The summed E-state index contributed by atoms with van der Waals surface area (Å²) in [6.07, 6.45) is -0.212. The molecular formula is C19H24ClNO3. The number of methoxy groups -OCH3 is 1. The molecule has 0 aliphatic carbocycles. The molecule has 1 heterocycles. The molecule has 1 saturated heterocycles. The number of benzene rings is 2. The molecule has 0 spiro atoms. The summed E-state index contributed by atoms with van der Waals surface area (Å²) >= 11 is 0. The van der Waals surface area contributed by atoms with E-state index in [4.69, 9.17) is 14.2 Å². The minimum atomic E-state index is -0.181. The monoisotopic (exact) mass is 349 g/mol. The predicted octanol–water partition coefficient (Wildman–Crippen LogP) is 3.53. The molecule has 5 heteroatoms. The third-order valence-corrected chi connectivity index (χ3v) is 4.02. The van der Waals surface area contributed by atoms with Crippen molar-refractivity contribution in [1.82, 2.24) is 5.32 Å². The van der Waals surface area contributed by atoms with Crippen molar-refractivity contribution in [3.63, 3.8) is 0 Å². The lowest BCUT2D eigenvalue weighted by Crippen LogP contribution is -2.43. The fourth-order valence-electron chi connectivity index (χ4n) is 2.75. The van der Waals surface area contributed by atoms with Crippen LogP contribution in [0.5, 0.6) is 11.5 Å². The van der Waals surface area contributed by atoms with E-state index < -0.39 is 0 Å². The van der Waals surface area contributed by atoms with E-state index in [1.807, 2.05) is 24.3 Å². The van der Waals surface area contributed by atoms with Crippen molar-refractivity contribution in [2.45, 2.75) is 19.1 Å². The normalized spacial score (nSPS) is 18.3. The van der Waals surface area contributed by atoms with Gasteiger partial charge in [0.1, 0.15) is 6.10 Å². The van der Waals surface area contributed by atoms with Crippen LogP contribution in [0.2, 0.25) is 0 Å². The van der Waals surface area contributed by atoms with E-state index in [2.05, 4.69) is 36.5 Å². The average Bonchev–Trinajstić information content (AvgIpc) is 2.61. The van der Waals surface area contributed by atoms with Crippen molar-refractivity contribution in [3.8, 4) is 11.5 Å². The van der Waals surface area contributed by atoms with Crippen LogP contribution in [0.25, 0.3) is 0 Å². The number of halogens is 1. The molecule has 1 fully saturated rings. The Balaban J connectivity index is 0.00000208. The first-order valence-electron chi connectivity index (χ1n) is 7.96. The number of para-hydroxylation sites is 2. The molecule has 2 aromatic rings. The van der Waals surface area contributed by atoms with Crippen LogP contribution in [-0.4, -0.2) is 32.9 Å². The summed E-state index contributed by atoms with van der Waals surface area (Å²) in [6.45, 7) is 4.43. The average molecular weight is 350 g/mol. The smallest absolute Gasteiger partial charge is 0.162 e. The molecule has 2 aromatic carbocycles. The third kappa shape index (κ3) is 4.41. The number of ether oxygens (including phenoxy) is 3. The van der Waals surface area contributed by atoms with Gasteiger partial charge in [-0.2, -0.15) is 0 Å². The first-order chi connectivity index (χ1) is 11.3. The van der Waals surface area contributed by atoms with Gasteiger partial charge in [0.05, 0.1) is 13.7 Å². The zero-order chi connectivity index (χ0) is 16.1. The maximum absolute atomic E-state index is 6.31. The van der Waals surface area contributed by atoms with Gasteiger partial charge in [-0.15, -0.1) is 12.4 Å². The molecular weight excluding hydrogens is 326 g/mol. The molecule has 0 radical (unpaired) electrons. The molecule has 1 aliphatic heterocycles. The van der Waals surface area contributed by atoms with Gasteiger partial charge >= 0.3 is 0 Å². The quantitative estimate of drug-likeness (QED) is 0.896. The van der Waals surface area contributed by atoms with Gasteiger partial charge in [0, 0.05) is 13.1 Å². The molecule has 0 bridgehead atoms. The minimum Gasteiger partial charge on any atom is -0.493 e. The molecule has 1 aliphatic rings. The molecule has 2 unspecified atom stereocenters. The molecule has 4 nitrogen and oxygen atoms in total. The van der Waals surface area contributed by atoms with Crippen molar-refractivity contribution in [2.75, 3.05) is 26.8 Å². The van der Waals surface area contributed by atoms with E-state index in [1.165, 1.54) is 5.56 Å². The number of hydrogen-bond acceptors (Lipinski definition) is 4. The Kier molecular flexibility index (Phi) is 6.91. The standard InChI is InChI=1S/C19H23NO3.ClH/c1-14-7-9-15(10-8-14)19(18-13-20-11-12-22-18)23-17-6-4-3-5-16(17)21-2;/h3-10,18-20H,11-13H2,1-2H3;1H. The Morgan fingerprint density at radius 1 is 1.08 bits per heavy atom. The Labute approximate surface area is 149 Å². The van der Waals surface area contributed by atoms with Crippen LogP contribution < -0.4 is 14.8 Å². The fourth-order valence-corrected chi connectivity index (χ4v) is 2.75. The van der Waals surface area contributed by atoms with Crippen LogP contribution in [0.4, 0.5) is 0 Å². The number of rotatable bonds is 5. The lowest BCUT2D eigenvalue weighted by molar-refractivity contribution is -0.0438. The van der Waals surface area contributed by atoms with Gasteiger partial charge in [0.2, 0.25) is 0 Å². The van der Waals surface area contributed by atoms with Crippen molar-refractivity contribution in [1.29, 1.82) is 0 Å². The van der Waals surface area contributed by atoms with Gasteiger partial charge < -0.3 is 19.5 Å². The summed E-state index contributed by atoms with van der Waals surface area (Å²) in [5.74, 6) is 1.46. The molecule has 3 rings (SSSR count). The summed E-state index contributed by atoms with van der Waals surface area (Å²) in [4.78, 5) is 0. The Morgan fingerprint density at radius 2 is 1.79 bits per heavy atom. The van der Waals surface area contributed by atoms with Crippen molar-refractivity contribution in [3.05, 3.63) is 59.7 Å². The van der Waals surface area contributed by atoms with E-state index in [0.29, 0.717) is 6.61 Å². The van der Waals surface area contributed by atoms with Crippen LogP contribution in [-0.2, 0) is 4.74 Å². The highest BCUT2D eigenvalue weighted by molar-refractivity contribution is 5.85. The predicted molar refractivity (Wildman–Crippen MR) is 97.4 cm³/mol. The molecule has 0 saturated carbocycles. The highest BCUT2D eigenvalue weighted by atomic mass is 35.5. The summed E-state index contributed by atoms with van der Waals surface area (Å²) in [7, 11) is 1.65. The first-order valence-corrected chi connectivity index (χ1v) is 7.96. The molecule has 130 valence electrons. The van der Waals surface area contributed by atoms with Crippen LogP contribution >= 0.6 is 12.4 Å². The summed E-state index contributed by atoms with van der Waals surface area (Å²) in [5, 5.41) is 3.37. The van der Waals surface area contributed by atoms with Gasteiger partial charge in [0.15, 0.2) is 17.6 Å². The highest BCUT2D eigenvalue weighted by Crippen LogP contribution is 2.33. The van der Waals surface area contributed by atoms with E-state index >= 15 is 0 Å². The highest BCUT2D eigenvalue weighted by Gasteiger charge is 2.28. The van der Waals surface area contributed by atoms with E-state index in [9.17, 15) is 0 Å². The summed E-state index contributed by atoms with van der Waals surface area (Å²) in [6, 6.07) is 16.1. The maximum atomic E-state index is 6.31. The van der Waals surface area contributed by atoms with Gasteiger partial charge in [-0.1, -0.05) is 42.0 Å². The van der Waals surface area contributed by atoms with Crippen molar-refractivity contribution < 1.29 is 14.2 Å². The summed E-state index contributed by atoms with van der Waals surface area (Å²) in [5.41, 5.74) is 2.34. The molecule has 1 N–H and O–H groups in total. The molecule has 24 heavy (non-hydrogen) atoms. The Morgan fingerprint density at radius 3 is 2.42 bits per heavy atom. The second-order valence-corrected chi connectivity index (χ2v) is 5.71. The van der Waals surface area contributed by atoms with E-state index in [-0.39, 0.29) is 24.6 Å². The number of morpholine rings is 1. The number of hydrogen-bond donors (Lipinski definition) is 1. The number of nitrogens with one attached hydrogen (secondary N) is 1. The largest absolute Gasteiger partial charge is 0.493 e. The van der Waals surface area contributed by atoms with Crippen LogP contribution in [0.15, 0.2) is 48.5 Å². The Hall–Kier alpha value is -1.75. The van der Waals surface area contributed by atoms with Gasteiger partial charge in [-0.3, -0.25) is 0 Å². The lowest BCUT2D eigenvalue weighted by Gasteiger charge is -2.32. The maximum Gasteiger partial charge on any atom is 0.162 e. The van der Waals surface area contributed by atoms with Gasteiger partial charge in [-0.25, -0.2) is 0 Å². The topological polar surface area (TPSA) is 39.7 Å². The molecule has 2 atom stereocenters. The minimum absolute atomic E-state index is 0. The molecule has 0 aromatic heterocycles. The second kappa shape index (κ2) is 8.92. The van der Waals surface area contributed by atoms with Crippen LogP contribution in [0.1, 0.15) is 17.2 Å². The van der Waals surface area contributed by atoms with Gasteiger partial charge in [0.25, 0.3) is 0 Å². The van der Waals surface area contributed by atoms with Crippen LogP contribution in [0.3, 0.4) is 0 Å². The van der Waals surface area contributed by atoms with Crippen molar-refractivity contribution in [2.24, 2.45) is 0 Å². The van der Waals surface area contributed by atoms with E-state index in [1.54, 1.807) is 7.11 Å². The SMILES string of the molecule is COc1ccccc1OC(c1ccc(C)cc1)C1CNCCO1.Cl.